The summed E-state index contributed by atoms with van der Waals surface area (Å²) in [6, 6.07) is 0.489. The molecule has 0 aromatic heterocycles. The first-order valence-electron chi connectivity index (χ1n) is 6.05. The molecule has 1 rings (SSSR count). The Morgan fingerprint density at radius 2 is 1.81 bits per heavy atom. The second-order valence-corrected chi connectivity index (χ2v) is 7.44. The zero-order chi connectivity index (χ0) is 12.3. The van der Waals surface area contributed by atoms with Crippen molar-refractivity contribution >= 4 is 10.0 Å². The van der Waals surface area contributed by atoms with Gasteiger partial charge < -0.3 is 5.32 Å². The van der Waals surface area contributed by atoms with Gasteiger partial charge in [-0.25, -0.2) is 13.1 Å². The van der Waals surface area contributed by atoms with E-state index in [0.29, 0.717) is 18.5 Å². The van der Waals surface area contributed by atoms with Crippen molar-refractivity contribution in [1.82, 2.24) is 10.0 Å². The predicted molar refractivity (Wildman–Crippen MR) is 66.8 cm³/mol. The van der Waals surface area contributed by atoms with Gasteiger partial charge in [0, 0.05) is 18.6 Å². The van der Waals surface area contributed by atoms with Gasteiger partial charge in [-0.05, 0) is 25.7 Å². The highest BCUT2D eigenvalue weighted by Crippen LogP contribution is 2.27. The Balaban J connectivity index is 2.37. The van der Waals surface area contributed by atoms with Gasteiger partial charge in [-0.2, -0.15) is 0 Å². The number of sulfonamides is 1. The Bertz CT molecular complexity index is 308. The molecule has 4 nitrogen and oxygen atoms in total. The van der Waals surface area contributed by atoms with Gasteiger partial charge in [0.15, 0.2) is 0 Å². The molecule has 1 aliphatic rings. The van der Waals surface area contributed by atoms with Crippen LogP contribution in [-0.4, -0.2) is 32.3 Å². The lowest BCUT2D eigenvalue weighted by atomic mass is 9.83. The van der Waals surface area contributed by atoms with Crippen LogP contribution >= 0.6 is 0 Å². The summed E-state index contributed by atoms with van der Waals surface area (Å²) in [6.45, 7) is 8.43. The second-order valence-electron chi connectivity index (χ2n) is 5.31. The van der Waals surface area contributed by atoms with Crippen LogP contribution in [-0.2, 0) is 10.0 Å². The normalized spacial score (nSPS) is 27.8. The average molecular weight is 248 g/mol. The maximum absolute atomic E-state index is 11.9. The average Bonchev–Trinajstić information content (AvgIpc) is 2.11. The minimum atomic E-state index is -3.15. The standard InChI is InChI=1S/C11H24N2O2S/c1-8(2)12-7-10(4)16(14,15)13-11-5-9(3)6-11/h8-13H,5-7H2,1-4H3. The van der Waals surface area contributed by atoms with Crippen LogP contribution in [0.25, 0.3) is 0 Å². The highest BCUT2D eigenvalue weighted by Gasteiger charge is 2.31. The highest BCUT2D eigenvalue weighted by molar-refractivity contribution is 7.90. The fourth-order valence-corrected chi connectivity index (χ4v) is 3.06. The molecule has 0 amide bonds. The number of rotatable bonds is 6. The van der Waals surface area contributed by atoms with E-state index in [-0.39, 0.29) is 11.3 Å². The molecular weight excluding hydrogens is 224 g/mol. The van der Waals surface area contributed by atoms with Crippen molar-refractivity contribution in [3.8, 4) is 0 Å². The molecule has 0 bridgehead atoms. The number of hydrogen-bond donors (Lipinski definition) is 2. The third-order valence-corrected chi connectivity index (χ3v) is 4.94. The second kappa shape index (κ2) is 5.47. The molecule has 1 saturated carbocycles. The van der Waals surface area contributed by atoms with Gasteiger partial charge in [-0.15, -0.1) is 0 Å². The van der Waals surface area contributed by atoms with Crippen LogP contribution in [0.3, 0.4) is 0 Å². The van der Waals surface area contributed by atoms with Crippen molar-refractivity contribution in [1.29, 1.82) is 0 Å². The lowest BCUT2D eigenvalue weighted by molar-refractivity contribution is 0.269. The van der Waals surface area contributed by atoms with E-state index in [0.717, 1.165) is 12.8 Å². The predicted octanol–water partition coefficient (Wildman–Crippen LogP) is 1.09. The number of hydrogen-bond acceptors (Lipinski definition) is 3. The minimum absolute atomic E-state index is 0.168. The smallest absolute Gasteiger partial charge is 0.215 e. The van der Waals surface area contributed by atoms with Crippen molar-refractivity contribution in [2.75, 3.05) is 6.54 Å². The van der Waals surface area contributed by atoms with Gasteiger partial charge in [-0.3, -0.25) is 0 Å². The van der Waals surface area contributed by atoms with Crippen molar-refractivity contribution < 1.29 is 8.42 Å². The topological polar surface area (TPSA) is 58.2 Å². The Hall–Kier alpha value is -0.130. The van der Waals surface area contributed by atoms with Crippen LogP contribution < -0.4 is 10.0 Å². The molecule has 96 valence electrons. The van der Waals surface area contributed by atoms with Gasteiger partial charge in [0.05, 0.1) is 5.25 Å². The van der Waals surface area contributed by atoms with E-state index in [4.69, 9.17) is 0 Å². The lowest BCUT2D eigenvalue weighted by Crippen LogP contribution is -2.48. The Morgan fingerprint density at radius 1 is 1.25 bits per heavy atom. The summed E-state index contributed by atoms with van der Waals surface area (Å²) < 4.78 is 26.6. The Kier molecular flexibility index (Phi) is 4.76. The monoisotopic (exact) mass is 248 g/mol. The van der Waals surface area contributed by atoms with E-state index < -0.39 is 10.0 Å². The molecule has 0 aromatic rings. The third kappa shape index (κ3) is 4.03. The summed E-state index contributed by atoms with van der Waals surface area (Å²) in [6.07, 6.45) is 1.95. The zero-order valence-corrected chi connectivity index (χ0v) is 11.5. The van der Waals surface area contributed by atoms with Crippen molar-refractivity contribution in [2.24, 2.45) is 5.92 Å². The van der Waals surface area contributed by atoms with Crippen molar-refractivity contribution in [3.63, 3.8) is 0 Å². The maximum atomic E-state index is 11.9. The molecule has 5 heteroatoms. The van der Waals surface area contributed by atoms with Crippen LogP contribution in [0, 0.1) is 5.92 Å². The largest absolute Gasteiger partial charge is 0.313 e. The molecule has 2 N–H and O–H groups in total. The van der Waals surface area contributed by atoms with Crippen LogP contribution in [0.5, 0.6) is 0 Å². The molecule has 1 fully saturated rings. The number of nitrogens with one attached hydrogen (secondary N) is 2. The summed E-state index contributed by atoms with van der Waals surface area (Å²) >= 11 is 0. The zero-order valence-electron chi connectivity index (χ0n) is 10.7. The van der Waals surface area contributed by atoms with Gasteiger partial charge >= 0.3 is 0 Å². The SMILES string of the molecule is CC1CC(NS(=O)(=O)C(C)CNC(C)C)C1. The lowest BCUT2D eigenvalue weighted by Gasteiger charge is -2.33. The molecule has 0 aliphatic heterocycles. The molecule has 0 aromatic carbocycles. The van der Waals surface area contributed by atoms with Gasteiger partial charge in [0.2, 0.25) is 10.0 Å². The van der Waals surface area contributed by atoms with E-state index in [1.165, 1.54) is 0 Å². The quantitative estimate of drug-likeness (QED) is 0.740. The van der Waals surface area contributed by atoms with E-state index >= 15 is 0 Å². The van der Waals surface area contributed by atoms with E-state index in [1.807, 2.05) is 13.8 Å². The molecule has 0 radical (unpaired) electrons. The first-order chi connectivity index (χ1) is 7.31. The molecule has 0 saturated heterocycles. The van der Waals surface area contributed by atoms with Crippen molar-refractivity contribution in [3.05, 3.63) is 0 Å². The Morgan fingerprint density at radius 3 is 2.25 bits per heavy atom. The summed E-state index contributed by atoms with van der Waals surface area (Å²) in [7, 11) is -3.15. The molecule has 1 unspecified atom stereocenters. The molecule has 0 spiro atoms. The van der Waals surface area contributed by atoms with Crippen LogP contribution in [0.4, 0.5) is 0 Å². The summed E-state index contributed by atoms with van der Waals surface area (Å²) in [5.74, 6) is 0.664. The summed E-state index contributed by atoms with van der Waals surface area (Å²) in [4.78, 5) is 0. The van der Waals surface area contributed by atoms with Crippen LogP contribution in [0.2, 0.25) is 0 Å². The highest BCUT2D eigenvalue weighted by atomic mass is 32.2. The first-order valence-corrected chi connectivity index (χ1v) is 7.60. The van der Waals surface area contributed by atoms with Gasteiger partial charge in [0.25, 0.3) is 0 Å². The van der Waals surface area contributed by atoms with E-state index in [1.54, 1.807) is 6.92 Å². The molecular formula is C11H24N2O2S. The molecule has 1 aliphatic carbocycles. The van der Waals surface area contributed by atoms with E-state index in [2.05, 4.69) is 17.0 Å². The molecule has 0 heterocycles. The van der Waals surface area contributed by atoms with Crippen LogP contribution in [0.15, 0.2) is 0 Å². The fraction of sp³-hybridized carbons (Fsp3) is 1.00. The molecule has 16 heavy (non-hydrogen) atoms. The van der Waals surface area contributed by atoms with Crippen LogP contribution in [0.1, 0.15) is 40.5 Å². The van der Waals surface area contributed by atoms with Crippen molar-refractivity contribution in [2.45, 2.75) is 57.9 Å². The maximum Gasteiger partial charge on any atom is 0.215 e. The molecule has 1 atom stereocenters. The van der Waals surface area contributed by atoms with E-state index in [9.17, 15) is 8.42 Å². The Labute approximate surface area is 99.2 Å². The summed E-state index contributed by atoms with van der Waals surface area (Å²) in [5.41, 5.74) is 0. The fourth-order valence-electron chi connectivity index (χ4n) is 1.86. The van der Waals surface area contributed by atoms with Gasteiger partial charge in [-0.1, -0.05) is 20.8 Å². The minimum Gasteiger partial charge on any atom is -0.313 e. The van der Waals surface area contributed by atoms with Gasteiger partial charge in [0.1, 0.15) is 0 Å². The first kappa shape index (κ1) is 13.9. The summed E-state index contributed by atoms with van der Waals surface area (Å²) in [5, 5.41) is 2.78. The third-order valence-electron chi connectivity index (χ3n) is 3.05.